The van der Waals surface area contributed by atoms with E-state index < -0.39 is 63.8 Å². The van der Waals surface area contributed by atoms with E-state index in [1.54, 1.807) is 12.2 Å². The molecule has 0 amide bonds. The van der Waals surface area contributed by atoms with Crippen LogP contribution in [-0.4, -0.2) is 71.1 Å². The van der Waals surface area contributed by atoms with Crippen molar-refractivity contribution in [3.05, 3.63) is 85.1 Å². The minimum absolute atomic E-state index is 0.0746. The predicted octanol–water partition coefficient (Wildman–Crippen LogP) is 11.3. The zero-order valence-electron chi connectivity index (χ0n) is 37.3. The Morgan fingerprint density at radius 1 is 0.607 bits per heavy atom. The maximum Gasteiger partial charge on any atom is 0.472 e. The minimum atomic E-state index is -4.78. The van der Waals surface area contributed by atoms with Crippen molar-refractivity contribution in [3.63, 3.8) is 0 Å². The molecular formula is C48H80NO11P. The van der Waals surface area contributed by atoms with Crippen LogP contribution in [0.15, 0.2) is 85.1 Å². The number of allylic oxidation sites excluding steroid dienone is 13. The number of aliphatic carboxylic acids is 1. The lowest BCUT2D eigenvalue weighted by Crippen LogP contribution is -2.34. The highest BCUT2D eigenvalue weighted by Crippen LogP contribution is 2.43. The second-order valence-electron chi connectivity index (χ2n) is 15.0. The largest absolute Gasteiger partial charge is 0.480 e. The van der Waals surface area contributed by atoms with Crippen LogP contribution in [0.1, 0.15) is 162 Å². The molecule has 5 N–H and O–H groups in total. The van der Waals surface area contributed by atoms with E-state index in [4.69, 9.17) is 24.8 Å². The number of unbranched alkanes of at least 4 members (excludes halogenated alkanes) is 12. The Kier molecular flexibility index (Phi) is 39.6. The van der Waals surface area contributed by atoms with Crippen LogP contribution in [0.4, 0.5) is 0 Å². The van der Waals surface area contributed by atoms with Gasteiger partial charge in [-0.15, -0.1) is 0 Å². The molecule has 0 aliphatic carbocycles. The molecule has 0 radical (unpaired) electrons. The Balaban J connectivity index is 4.53. The number of phosphoric acid groups is 1. The summed E-state index contributed by atoms with van der Waals surface area (Å²) in [6, 6.07) is -1.56. The average molecular weight is 878 g/mol. The van der Waals surface area contributed by atoms with E-state index in [9.17, 15) is 28.9 Å². The monoisotopic (exact) mass is 878 g/mol. The van der Waals surface area contributed by atoms with E-state index in [-0.39, 0.29) is 25.7 Å². The van der Waals surface area contributed by atoms with Gasteiger partial charge in [-0.25, -0.2) is 4.57 Å². The lowest BCUT2D eigenvalue weighted by atomic mass is 10.1. The van der Waals surface area contributed by atoms with Gasteiger partial charge in [-0.3, -0.25) is 23.4 Å². The predicted molar refractivity (Wildman–Crippen MR) is 246 cm³/mol. The summed E-state index contributed by atoms with van der Waals surface area (Å²) in [5.41, 5.74) is 5.33. The highest BCUT2D eigenvalue weighted by Gasteiger charge is 2.28. The van der Waals surface area contributed by atoms with Crippen molar-refractivity contribution in [2.75, 3.05) is 19.8 Å². The summed E-state index contributed by atoms with van der Waals surface area (Å²) < 4.78 is 32.6. The molecule has 0 heterocycles. The van der Waals surface area contributed by atoms with Gasteiger partial charge < -0.3 is 30.3 Å². The SMILES string of the molecule is CC/C=C\C/C=C\C/C=C\C/C=C\C=C\C(O)CCCC(=O)O[C@H](COC(=O)CCCCCCCCCCC/C=C\C/C=C\CCCCC)COP(=O)(O)OC[C@H](N)C(=O)O. The molecule has 0 aliphatic heterocycles. The van der Waals surface area contributed by atoms with E-state index in [1.165, 1.54) is 57.8 Å². The van der Waals surface area contributed by atoms with Gasteiger partial charge in [-0.05, 0) is 77.0 Å². The van der Waals surface area contributed by atoms with E-state index >= 15 is 0 Å². The number of carboxylic acid groups (broad SMARTS) is 1. The second-order valence-corrected chi connectivity index (χ2v) is 16.5. The first-order valence-corrected chi connectivity index (χ1v) is 24.2. The quantitative estimate of drug-likeness (QED) is 0.0150. The molecule has 0 aromatic carbocycles. The summed E-state index contributed by atoms with van der Waals surface area (Å²) in [7, 11) is -4.78. The van der Waals surface area contributed by atoms with Crippen molar-refractivity contribution >= 4 is 25.7 Å². The zero-order valence-corrected chi connectivity index (χ0v) is 38.2. The third-order valence-corrected chi connectivity index (χ3v) is 10.2. The first-order valence-electron chi connectivity index (χ1n) is 22.7. The van der Waals surface area contributed by atoms with Gasteiger partial charge in [0.25, 0.3) is 0 Å². The van der Waals surface area contributed by atoms with Gasteiger partial charge >= 0.3 is 25.7 Å². The first kappa shape index (κ1) is 57.6. The highest BCUT2D eigenvalue weighted by atomic mass is 31.2. The van der Waals surface area contributed by atoms with Crippen molar-refractivity contribution in [1.82, 2.24) is 0 Å². The Morgan fingerprint density at radius 3 is 1.70 bits per heavy atom. The normalized spacial score (nSPS) is 15.0. The van der Waals surface area contributed by atoms with Crippen LogP contribution < -0.4 is 5.73 Å². The highest BCUT2D eigenvalue weighted by molar-refractivity contribution is 7.47. The Bertz CT molecular complexity index is 1370. The van der Waals surface area contributed by atoms with Crippen molar-refractivity contribution in [2.24, 2.45) is 5.73 Å². The molecule has 348 valence electrons. The van der Waals surface area contributed by atoms with Gasteiger partial charge in [-0.1, -0.05) is 157 Å². The molecule has 4 atom stereocenters. The van der Waals surface area contributed by atoms with E-state index in [0.29, 0.717) is 6.42 Å². The lowest BCUT2D eigenvalue weighted by molar-refractivity contribution is -0.161. The number of rotatable bonds is 41. The molecule has 0 aliphatic rings. The van der Waals surface area contributed by atoms with Crippen LogP contribution in [0, 0.1) is 0 Å². The molecule has 61 heavy (non-hydrogen) atoms. The van der Waals surface area contributed by atoms with Crippen LogP contribution in [0.2, 0.25) is 0 Å². The van der Waals surface area contributed by atoms with Crippen LogP contribution in [-0.2, 0) is 37.5 Å². The van der Waals surface area contributed by atoms with Gasteiger partial charge in [0.15, 0.2) is 6.10 Å². The third kappa shape index (κ3) is 41.7. The number of esters is 2. The summed E-state index contributed by atoms with van der Waals surface area (Å²) in [4.78, 5) is 46.1. The molecule has 12 nitrogen and oxygen atoms in total. The topological polar surface area (TPSA) is 192 Å². The number of carbonyl (C=O) groups excluding carboxylic acids is 2. The molecule has 0 rings (SSSR count). The van der Waals surface area contributed by atoms with Gasteiger partial charge in [0.1, 0.15) is 12.6 Å². The minimum Gasteiger partial charge on any atom is -0.480 e. The fraction of sp³-hybridized carbons (Fsp3) is 0.646. The van der Waals surface area contributed by atoms with E-state index in [2.05, 4.69) is 79.1 Å². The molecular weight excluding hydrogens is 797 g/mol. The Labute approximate surface area is 367 Å². The molecule has 0 saturated heterocycles. The number of phosphoric ester groups is 1. The summed E-state index contributed by atoms with van der Waals surface area (Å²) in [6.45, 7) is 2.45. The van der Waals surface area contributed by atoms with Crippen LogP contribution in [0.25, 0.3) is 0 Å². The number of carbonyl (C=O) groups is 3. The smallest absolute Gasteiger partial charge is 0.472 e. The maximum absolute atomic E-state index is 12.6. The standard InChI is InChI=1S/C48H80NO11P/c1-3-5-7-9-11-13-15-17-18-19-20-21-22-24-26-28-30-32-34-38-46(51)57-40-44(41-58-61(55,56)59-42-45(49)48(53)54)60-47(52)39-35-37-43(50)36-33-31-29-27-25-23-16-14-12-10-8-6-4-2/h6,8,11-14,17-18,23,25,29,31,33,36,43-45,50H,3-5,7,9-10,15-16,19-22,24,26-28,30,32,34-35,37-42,49H2,1-2H3,(H,53,54)(H,55,56)/b8-6-,13-11-,14-12-,18-17-,25-23-,31-29-,36-33+/t43?,44-,45+/m1/s1. The molecule has 0 aromatic heterocycles. The maximum atomic E-state index is 12.6. The number of ether oxygens (including phenoxy) is 2. The summed E-state index contributed by atoms with van der Waals surface area (Å²) in [5.74, 6) is -2.62. The van der Waals surface area contributed by atoms with Crippen molar-refractivity contribution in [1.29, 1.82) is 0 Å². The summed E-state index contributed by atoms with van der Waals surface area (Å²) in [6.07, 6.45) is 48.2. The molecule has 0 fully saturated rings. The fourth-order valence-corrected chi connectivity index (χ4v) is 6.43. The van der Waals surface area contributed by atoms with Gasteiger partial charge in [0.2, 0.25) is 0 Å². The fourth-order valence-electron chi connectivity index (χ4n) is 5.65. The second kappa shape index (κ2) is 41.9. The summed E-state index contributed by atoms with van der Waals surface area (Å²) in [5, 5.41) is 19.2. The Morgan fingerprint density at radius 2 is 1.11 bits per heavy atom. The number of aliphatic hydroxyl groups excluding tert-OH is 1. The number of nitrogens with two attached hydrogens (primary N) is 1. The van der Waals surface area contributed by atoms with Gasteiger partial charge in [-0.2, -0.15) is 0 Å². The van der Waals surface area contributed by atoms with Crippen LogP contribution >= 0.6 is 7.82 Å². The number of hydrogen-bond acceptors (Lipinski definition) is 10. The lowest BCUT2D eigenvalue weighted by Gasteiger charge is -2.20. The molecule has 13 heteroatoms. The molecule has 0 aromatic rings. The zero-order chi connectivity index (χ0) is 45.1. The van der Waals surface area contributed by atoms with Crippen molar-refractivity contribution in [3.8, 4) is 0 Å². The first-order chi connectivity index (χ1) is 29.5. The average Bonchev–Trinajstić information content (AvgIpc) is 3.23. The van der Waals surface area contributed by atoms with Crippen LogP contribution in [0.5, 0.6) is 0 Å². The molecule has 2 unspecified atom stereocenters. The van der Waals surface area contributed by atoms with Crippen molar-refractivity contribution in [2.45, 2.75) is 180 Å². The van der Waals surface area contributed by atoms with Crippen molar-refractivity contribution < 1.29 is 52.6 Å². The number of hydrogen-bond donors (Lipinski definition) is 4. The molecule has 0 saturated carbocycles. The Hall–Kier alpha value is -3.38. The summed E-state index contributed by atoms with van der Waals surface area (Å²) >= 11 is 0. The van der Waals surface area contributed by atoms with E-state index in [0.717, 1.165) is 57.8 Å². The molecule has 0 bridgehead atoms. The number of aliphatic hydroxyl groups is 1. The van der Waals surface area contributed by atoms with Gasteiger partial charge in [0.05, 0.1) is 19.3 Å². The van der Waals surface area contributed by atoms with E-state index in [1.807, 2.05) is 12.2 Å². The van der Waals surface area contributed by atoms with Crippen LogP contribution in [0.3, 0.4) is 0 Å². The molecule has 0 spiro atoms. The third-order valence-electron chi connectivity index (χ3n) is 9.23. The van der Waals surface area contributed by atoms with Gasteiger partial charge in [0, 0.05) is 12.8 Å². The number of carboxylic acids is 1.